The molecule has 1 aromatic carbocycles. The van der Waals surface area contributed by atoms with E-state index in [1.165, 1.54) is 12.1 Å². The molecule has 9 heteroatoms. The highest BCUT2D eigenvalue weighted by Crippen LogP contribution is 2.49. The van der Waals surface area contributed by atoms with Gasteiger partial charge in [-0.25, -0.2) is 18.1 Å². The summed E-state index contributed by atoms with van der Waals surface area (Å²) in [4.78, 5) is 24.2. The molecule has 3 rings (SSSR count). The first-order valence-corrected chi connectivity index (χ1v) is 10.4. The molecule has 2 unspecified atom stereocenters. The average molecular weight is 399 g/mol. The average Bonchev–Trinajstić information content (AvgIpc) is 3.17. The first-order chi connectivity index (χ1) is 12.6. The molecule has 1 saturated heterocycles. The van der Waals surface area contributed by atoms with Crippen molar-refractivity contribution in [2.75, 3.05) is 13.2 Å². The number of ether oxygens (including phenoxy) is 2. The van der Waals surface area contributed by atoms with Gasteiger partial charge in [0.15, 0.2) is 0 Å². The number of hydrogen-bond donors (Lipinski definition) is 0. The molecule has 0 bridgehead atoms. The lowest BCUT2D eigenvalue weighted by molar-refractivity contribution is -0.425. The molecular weight excluding hydrogens is 374 g/mol. The van der Waals surface area contributed by atoms with Crippen molar-refractivity contribution in [3.63, 3.8) is 0 Å². The minimum absolute atomic E-state index is 0.0222. The summed E-state index contributed by atoms with van der Waals surface area (Å²) in [7, 11) is -4.07. The normalized spacial score (nSPS) is 27.5. The summed E-state index contributed by atoms with van der Waals surface area (Å²) in [5, 5.41) is 0. The highest BCUT2D eigenvalue weighted by atomic mass is 32.2. The van der Waals surface area contributed by atoms with Crippen LogP contribution in [0.25, 0.3) is 0 Å². The van der Waals surface area contributed by atoms with Crippen LogP contribution in [0.15, 0.2) is 29.2 Å². The summed E-state index contributed by atoms with van der Waals surface area (Å²) < 4.78 is 38.5. The summed E-state index contributed by atoms with van der Waals surface area (Å²) >= 11 is 0. The van der Waals surface area contributed by atoms with Crippen LogP contribution in [0.2, 0.25) is 0 Å². The van der Waals surface area contributed by atoms with E-state index in [1.54, 1.807) is 39.8 Å². The topological polar surface area (TPSA) is 91.4 Å². The van der Waals surface area contributed by atoms with E-state index in [9.17, 15) is 13.2 Å². The molecule has 0 amide bonds. The number of carbonyl (C=O) groups is 1. The van der Waals surface area contributed by atoms with E-state index in [0.717, 1.165) is 4.31 Å². The van der Waals surface area contributed by atoms with E-state index in [0.29, 0.717) is 19.4 Å². The maximum atomic E-state index is 13.3. The maximum Gasteiger partial charge on any atom is 0.363 e. The Morgan fingerprint density at radius 3 is 2.63 bits per heavy atom. The largest absolute Gasteiger partial charge is 0.462 e. The number of sulfonamides is 1. The molecule has 0 N–H and O–H groups in total. The smallest absolute Gasteiger partial charge is 0.363 e. The van der Waals surface area contributed by atoms with Gasteiger partial charge in [-0.15, -0.1) is 4.31 Å². The first kappa shape index (κ1) is 20.2. The van der Waals surface area contributed by atoms with Gasteiger partial charge in [-0.2, -0.15) is 4.89 Å². The van der Waals surface area contributed by atoms with E-state index in [-0.39, 0.29) is 17.1 Å². The van der Waals surface area contributed by atoms with Gasteiger partial charge >= 0.3 is 5.97 Å². The van der Waals surface area contributed by atoms with Crippen molar-refractivity contribution in [3.05, 3.63) is 29.8 Å². The van der Waals surface area contributed by atoms with Crippen LogP contribution in [0.3, 0.4) is 0 Å². The van der Waals surface area contributed by atoms with Crippen LogP contribution in [0.4, 0.5) is 0 Å². The van der Waals surface area contributed by atoms with Crippen LogP contribution in [0.5, 0.6) is 0 Å². The molecule has 1 aromatic rings. The van der Waals surface area contributed by atoms with Crippen LogP contribution >= 0.6 is 0 Å². The molecule has 8 nitrogen and oxygen atoms in total. The SMILES string of the molecule is CCOC(=O)C1(OOC(C)(C)C)c2ccccc2S(=O)(=O)N1C1CCCO1. The lowest BCUT2D eigenvalue weighted by Crippen LogP contribution is -2.57. The Kier molecular flexibility index (Phi) is 5.35. The highest BCUT2D eigenvalue weighted by molar-refractivity contribution is 7.89. The van der Waals surface area contributed by atoms with Crippen LogP contribution in [-0.4, -0.2) is 43.7 Å². The van der Waals surface area contributed by atoms with Gasteiger partial charge in [0.2, 0.25) is 10.0 Å². The zero-order valence-electron chi connectivity index (χ0n) is 15.9. The molecule has 2 aliphatic rings. The van der Waals surface area contributed by atoms with Crippen LogP contribution in [0, 0.1) is 0 Å². The van der Waals surface area contributed by atoms with Crippen LogP contribution < -0.4 is 0 Å². The number of hydrogen-bond acceptors (Lipinski definition) is 7. The summed E-state index contributed by atoms with van der Waals surface area (Å²) in [5.74, 6) is -0.863. The van der Waals surface area contributed by atoms with Gasteiger partial charge in [-0.05, 0) is 46.6 Å². The zero-order chi connectivity index (χ0) is 19.9. The van der Waals surface area contributed by atoms with Gasteiger partial charge in [0.05, 0.1) is 17.1 Å². The molecule has 2 atom stereocenters. The molecular formula is C18H25NO7S. The minimum atomic E-state index is -4.07. The second kappa shape index (κ2) is 7.14. The number of benzene rings is 1. The minimum Gasteiger partial charge on any atom is -0.462 e. The van der Waals surface area contributed by atoms with Crippen molar-refractivity contribution >= 4 is 16.0 Å². The molecule has 1 fully saturated rings. The van der Waals surface area contributed by atoms with Crippen molar-refractivity contribution < 1.29 is 32.5 Å². The van der Waals surface area contributed by atoms with Crippen molar-refractivity contribution in [2.45, 2.75) is 63.0 Å². The molecule has 0 saturated carbocycles. The summed E-state index contributed by atoms with van der Waals surface area (Å²) in [6.45, 7) is 7.29. The number of fused-ring (bicyclic) bond motifs is 1. The number of esters is 1. The van der Waals surface area contributed by atoms with Gasteiger partial charge in [-0.1, -0.05) is 18.2 Å². The van der Waals surface area contributed by atoms with Gasteiger partial charge < -0.3 is 9.47 Å². The molecule has 0 radical (unpaired) electrons. The van der Waals surface area contributed by atoms with E-state index < -0.39 is 33.5 Å². The third-order valence-corrected chi connectivity index (χ3v) is 6.15. The second-order valence-electron chi connectivity index (χ2n) is 7.41. The van der Waals surface area contributed by atoms with Gasteiger partial charge in [0.1, 0.15) is 6.23 Å². The van der Waals surface area contributed by atoms with Gasteiger partial charge in [-0.3, -0.25) is 0 Å². The van der Waals surface area contributed by atoms with Crippen molar-refractivity contribution in [2.24, 2.45) is 0 Å². The third-order valence-electron chi connectivity index (χ3n) is 4.23. The standard InChI is InChI=1S/C18H25NO7S/c1-5-23-16(20)18(26-25-17(2,3)4)13-9-6-7-10-14(13)27(21,22)19(18)15-11-8-12-24-15/h6-7,9-10,15H,5,8,11-12H2,1-4H3. The fraction of sp³-hybridized carbons (Fsp3) is 0.611. The Labute approximate surface area is 159 Å². The molecule has 150 valence electrons. The monoisotopic (exact) mass is 399 g/mol. The Balaban J connectivity index is 2.22. The lowest BCUT2D eigenvalue weighted by Gasteiger charge is -2.37. The third kappa shape index (κ3) is 3.38. The Morgan fingerprint density at radius 1 is 1.33 bits per heavy atom. The van der Waals surface area contributed by atoms with Crippen molar-refractivity contribution in [1.29, 1.82) is 0 Å². The Bertz CT molecular complexity index is 811. The quantitative estimate of drug-likeness (QED) is 0.426. The van der Waals surface area contributed by atoms with E-state index in [1.807, 2.05) is 0 Å². The first-order valence-electron chi connectivity index (χ1n) is 8.94. The van der Waals surface area contributed by atoms with E-state index in [2.05, 4.69) is 0 Å². The number of rotatable bonds is 5. The maximum absolute atomic E-state index is 13.3. The van der Waals surface area contributed by atoms with E-state index in [4.69, 9.17) is 19.2 Å². The van der Waals surface area contributed by atoms with Crippen LogP contribution in [0.1, 0.15) is 46.1 Å². The second-order valence-corrected chi connectivity index (χ2v) is 9.19. The van der Waals surface area contributed by atoms with Crippen LogP contribution in [-0.2, 0) is 39.8 Å². The summed E-state index contributed by atoms with van der Waals surface area (Å²) in [6.07, 6.45) is 0.259. The molecule has 0 aromatic heterocycles. The number of carbonyl (C=O) groups excluding carboxylic acids is 1. The Morgan fingerprint density at radius 2 is 2.04 bits per heavy atom. The Hall–Kier alpha value is -1.52. The fourth-order valence-corrected chi connectivity index (χ4v) is 5.16. The van der Waals surface area contributed by atoms with Crippen molar-refractivity contribution in [1.82, 2.24) is 4.31 Å². The molecule has 27 heavy (non-hydrogen) atoms. The molecule has 0 aliphatic carbocycles. The van der Waals surface area contributed by atoms with Gasteiger partial charge in [0.25, 0.3) is 5.72 Å². The predicted octanol–water partition coefficient (Wildman–Crippen LogP) is 2.29. The predicted molar refractivity (Wildman–Crippen MR) is 94.7 cm³/mol. The molecule has 2 heterocycles. The summed E-state index contributed by atoms with van der Waals surface area (Å²) in [5.41, 5.74) is -2.74. The van der Waals surface area contributed by atoms with E-state index >= 15 is 0 Å². The summed E-state index contributed by atoms with van der Waals surface area (Å²) in [6, 6.07) is 6.20. The fourth-order valence-electron chi connectivity index (χ4n) is 3.20. The molecule has 2 aliphatic heterocycles. The van der Waals surface area contributed by atoms with Crippen molar-refractivity contribution in [3.8, 4) is 0 Å². The van der Waals surface area contributed by atoms with Gasteiger partial charge in [0, 0.05) is 12.2 Å². The zero-order valence-corrected chi connectivity index (χ0v) is 16.7. The molecule has 0 spiro atoms. The highest BCUT2D eigenvalue weighted by Gasteiger charge is 2.65. The lowest BCUT2D eigenvalue weighted by atomic mass is 10.0. The number of nitrogens with zero attached hydrogens (tertiary/aromatic N) is 1.